The fraction of sp³-hybridized carbons (Fsp3) is 0.500. The summed E-state index contributed by atoms with van der Waals surface area (Å²) in [5.41, 5.74) is 8.36. The zero-order valence-electron chi connectivity index (χ0n) is 20.4. The highest BCUT2D eigenvalue weighted by Crippen LogP contribution is 2.08. The molecule has 1 rings (SSSR count). The van der Waals surface area contributed by atoms with E-state index in [4.69, 9.17) is 9.47 Å². The number of alkyl carbamates (subject to hydrolysis) is 2. The molecule has 0 heterocycles. The minimum atomic E-state index is -1.03. The molecule has 1 aromatic carbocycles. The van der Waals surface area contributed by atoms with E-state index in [2.05, 4.69) is 21.5 Å². The van der Waals surface area contributed by atoms with Crippen LogP contribution in [0.25, 0.3) is 0 Å². The van der Waals surface area contributed by atoms with Crippen LogP contribution in [-0.2, 0) is 25.7 Å². The molecule has 0 bridgehead atoms. The Kier molecular flexibility index (Phi) is 12.4. The van der Waals surface area contributed by atoms with Gasteiger partial charge in [-0.25, -0.2) is 25.2 Å². The van der Waals surface area contributed by atoms with E-state index in [1.165, 1.54) is 6.92 Å². The molecule has 0 saturated carbocycles. The van der Waals surface area contributed by atoms with Gasteiger partial charge < -0.3 is 20.1 Å². The normalized spacial score (nSPS) is 11.3. The van der Waals surface area contributed by atoms with Crippen LogP contribution in [-0.4, -0.2) is 48.2 Å². The number of carbonyl (C=O) groups is 5. The number of hydrogen-bond acceptors (Lipinski definition) is 7. The number of urea groups is 1. The molecule has 0 aromatic heterocycles. The Morgan fingerprint density at radius 2 is 1.54 bits per heavy atom. The number of unbranched alkanes of at least 4 members (excludes halogenated alkanes) is 1. The summed E-state index contributed by atoms with van der Waals surface area (Å²) >= 11 is 0. The highest BCUT2D eigenvalue weighted by molar-refractivity contribution is 5.88. The number of rotatable bonds is 9. The molecule has 13 heteroatoms. The van der Waals surface area contributed by atoms with Crippen LogP contribution < -0.4 is 32.3 Å². The summed E-state index contributed by atoms with van der Waals surface area (Å²) in [7, 11) is 0. The fourth-order valence-electron chi connectivity index (χ4n) is 2.54. The van der Waals surface area contributed by atoms with Crippen molar-refractivity contribution in [3.8, 4) is 0 Å². The van der Waals surface area contributed by atoms with Gasteiger partial charge in [0.05, 0.1) is 0 Å². The van der Waals surface area contributed by atoms with E-state index in [0.29, 0.717) is 19.4 Å². The van der Waals surface area contributed by atoms with E-state index in [-0.39, 0.29) is 13.0 Å². The summed E-state index contributed by atoms with van der Waals surface area (Å²) in [6.45, 7) is 6.68. The fourth-order valence-corrected chi connectivity index (χ4v) is 2.54. The van der Waals surface area contributed by atoms with Crippen molar-refractivity contribution in [2.75, 3.05) is 6.54 Å². The van der Waals surface area contributed by atoms with Crippen LogP contribution >= 0.6 is 0 Å². The molecule has 0 aliphatic carbocycles. The predicted octanol–water partition coefficient (Wildman–Crippen LogP) is 1.36. The van der Waals surface area contributed by atoms with Crippen LogP contribution in [0.15, 0.2) is 30.3 Å². The highest BCUT2D eigenvalue weighted by atomic mass is 16.6. The highest BCUT2D eigenvalue weighted by Gasteiger charge is 2.24. The number of carbonyl (C=O) groups excluding carboxylic acids is 5. The molecule has 6 N–H and O–H groups in total. The Morgan fingerprint density at radius 3 is 2.17 bits per heavy atom. The molecule has 194 valence electrons. The summed E-state index contributed by atoms with van der Waals surface area (Å²) in [6, 6.07) is 7.33. The van der Waals surface area contributed by atoms with Crippen molar-refractivity contribution in [2.45, 2.75) is 65.2 Å². The number of nitrogens with one attached hydrogen (secondary N) is 6. The molecule has 6 amide bonds. The van der Waals surface area contributed by atoms with Gasteiger partial charge in [-0.3, -0.25) is 20.4 Å². The molecule has 0 spiro atoms. The Hall–Kier alpha value is -4.03. The molecular weight excluding hydrogens is 460 g/mol. The van der Waals surface area contributed by atoms with Crippen molar-refractivity contribution in [3.05, 3.63) is 35.9 Å². The smallest absolute Gasteiger partial charge is 0.408 e. The first-order valence-electron chi connectivity index (χ1n) is 11.0. The van der Waals surface area contributed by atoms with Gasteiger partial charge in [-0.05, 0) is 45.6 Å². The molecule has 0 unspecified atom stereocenters. The Balaban J connectivity index is 2.46. The number of amides is 6. The van der Waals surface area contributed by atoms with Gasteiger partial charge in [0.15, 0.2) is 0 Å². The first kappa shape index (κ1) is 29.0. The van der Waals surface area contributed by atoms with E-state index >= 15 is 0 Å². The monoisotopic (exact) mass is 494 g/mol. The third kappa shape index (κ3) is 14.7. The van der Waals surface area contributed by atoms with Gasteiger partial charge >= 0.3 is 18.2 Å². The van der Waals surface area contributed by atoms with Crippen molar-refractivity contribution < 1.29 is 33.4 Å². The second-order valence-electron chi connectivity index (χ2n) is 8.43. The van der Waals surface area contributed by atoms with E-state index in [9.17, 15) is 24.0 Å². The minimum Gasteiger partial charge on any atom is -0.445 e. The van der Waals surface area contributed by atoms with Crippen LogP contribution in [0.5, 0.6) is 0 Å². The summed E-state index contributed by atoms with van der Waals surface area (Å²) in [4.78, 5) is 58.8. The maximum Gasteiger partial charge on any atom is 0.408 e. The average Bonchev–Trinajstić information content (AvgIpc) is 2.78. The topological polar surface area (TPSA) is 176 Å². The molecule has 0 fully saturated rings. The number of hydrogen-bond donors (Lipinski definition) is 6. The van der Waals surface area contributed by atoms with Crippen LogP contribution in [0.3, 0.4) is 0 Å². The number of benzene rings is 1. The Bertz CT molecular complexity index is 858. The molecule has 0 saturated heterocycles. The van der Waals surface area contributed by atoms with Gasteiger partial charge in [-0.15, -0.1) is 0 Å². The Labute approximate surface area is 204 Å². The molecule has 35 heavy (non-hydrogen) atoms. The van der Waals surface area contributed by atoms with E-state index in [1.807, 2.05) is 41.2 Å². The summed E-state index contributed by atoms with van der Waals surface area (Å²) < 4.78 is 10.3. The van der Waals surface area contributed by atoms with E-state index in [1.54, 1.807) is 20.8 Å². The molecule has 0 radical (unpaired) electrons. The summed E-state index contributed by atoms with van der Waals surface area (Å²) in [5.74, 6) is -1.21. The maximum atomic E-state index is 12.5. The third-order valence-corrected chi connectivity index (χ3v) is 4.06. The molecule has 0 aliphatic rings. The summed E-state index contributed by atoms with van der Waals surface area (Å²) in [6.07, 6.45) is -0.227. The average molecular weight is 495 g/mol. The van der Waals surface area contributed by atoms with Gasteiger partial charge in [0, 0.05) is 13.5 Å². The van der Waals surface area contributed by atoms with Gasteiger partial charge in [0.2, 0.25) is 5.91 Å². The van der Waals surface area contributed by atoms with Crippen LogP contribution in [0.2, 0.25) is 0 Å². The zero-order valence-corrected chi connectivity index (χ0v) is 20.4. The first-order valence-corrected chi connectivity index (χ1v) is 11.0. The van der Waals surface area contributed by atoms with Crippen molar-refractivity contribution in [2.24, 2.45) is 0 Å². The second kappa shape index (κ2) is 15.0. The lowest BCUT2D eigenvalue weighted by molar-refractivity contribution is -0.124. The van der Waals surface area contributed by atoms with Crippen LogP contribution in [0.4, 0.5) is 14.4 Å². The van der Waals surface area contributed by atoms with Crippen LogP contribution in [0.1, 0.15) is 52.5 Å². The SMILES string of the molecule is CC(=O)NNC(=O)NNC(=O)[C@H](CCCCNC(=O)OCc1ccccc1)NC(=O)OC(C)(C)C. The molecule has 1 aromatic rings. The van der Waals surface area contributed by atoms with Crippen molar-refractivity contribution >= 4 is 30.0 Å². The maximum absolute atomic E-state index is 12.5. The lowest BCUT2D eigenvalue weighted by Crippen LogP contribution is -2.56. The zero-order chi connectivity index (χ0) is 26.3. The van der Waals surface area contributed by atoms with E-state index < -0.39 is 41.7 Å². The van der Waals surface area contributed by atoms with Gasteiger partial charge in [0.25, 0.3) is 5.91 Å². The van der Waals surface area contributed by atoms with Crippen molar-refractivity contribution in [3.63, 3.8) is 0 Å². The van der Waals surface area contributed by atoms with Gasteiger partial charge in [-0.2, -0.15) is 0 Å². The lowest BCUT2D eigenvalue weighted by Gasteiger charge is -2.23. The summed E-state index contributed by atoms with van der Waals surface area (Å²) in [5, 5.41) is 5.08. The predicted molar refractivity (Wildman–Crippen MR) is 125 cm³/mol. The van der Waals surface area contributed by atoms with Crippen molar-refractivity contribution in [1.29, 1.82) is 0 Å². The van der Waals surface area contributed by atoms with Crippen molar-refractivity contribution in [1.82, 2.24) is 32.3 Å². The lowest BCUT2D eigenvalue weighted by atomic mass is 10.1. The van der Waals surface area contributed by atoms with Gasteiger partial charge in [0.1, 0.15) is 18.2 Å². The largest absolute Gasteiger partial charge is 0.445 e. The number of hydrazine groups is 2. The van der Waals surface area contributed by atoms with E-state index in [0.717, 1.165) is 5.56 Å². The first-order chi connectivity index (χ1) is 16.5. The Morgan fingerprint density at radius 1 is 0.886 bits per heavy atom. The minimum absolute atomic E-state index is 0.150. The van der Waals surface area contributed by atoms with Crippen LogP contribution in [0, 0.1) is 0 Å². The third-order valence-electron chi connectivity index (χ3n) is 4.06. The molecule has 13 nitrogen and oxygen atoms in total. The quantitative estimate of drug-likeness (QED) is 0.222. The standard InChI is InChI=1S/C22H34N6O7/c1-15(29)25-27-19(31)28-26-18(30)17(24-21(33)35-22(2,3)4)12-8-9-13-23-20(32)34-14-16-10-6-5-7-11-16/h5-7,10-11,17H,8-9,12-14H2,1-4H3,(H,23,32)(H,24,33)(H,25,29)(H,26,30)(H2,27,28,31)/t17-/m0/s1. The number of ether oxygens (including phenoxy) is 2. The molecular formula is C22H34N6O7. The molecule has 1 atom stereocenters. The van der Waals surface area contributed by atoms with Gasteiger partial charge in [-0.1, -0.05) is 30.3 Å². The second-order valence-corrected chi connectivity index (χ2v) is 8.43. The molecule has 0 aliphatic heterocycles.